The van der Waals surface area contributed by atoms with Crippen molar-refractivity contribution in [1.82, 2.24) is 15.5 Å². The zero-order valence-corrected chi connectivity index (χ0v) is 20.4. The van der Waals surface area contributed by atoms with E-state index >= 15 is 0 Å². The normalized spacial score (nSPS) is 19.5. The van der Waals surface area contributed by atoms with E-state index in [-0.39, 0.29) is 35.9 Å². The van der Waals surface area contributed by atoms with Crippen LogP contribution in [0.25, 0.3) is 0 Å². The Morgan fingerprint density at radius 3 is 2.80 bits per heavy atom. The van der Waals surface area contributed by atoms with Crippen LogP contribution in [-0.2, 0) is 16.1 Å². The van der Waals surface area contributed by atoms with E-state index in [1.165, 1.54) is 12.8 Å². The summed E-state index contributed by atoms with van der Waals surface area (Å²) in [7, 11) is 3.43. The predicted molar refractivity (Wildman–Crippen MR) is 130 cm³/mol. The van der Waals surface area contributed by atoms with Gasteiger partial charge in [-0.1, -0.05) is 25.0 Å². The molecule has 1 amide bonds. The van der Waals surface area contributed by atoms with Crippen molar-refractivity contribution in [2.45, 2.75) is 44.8 Å². The molecule has 1 aromatic rings. The average Bonchev–Trinajstić information content (AvgIpc) is 3.44. The van der Waals surface area contributed by atoms with Gasteiger partial charge in [0.1, 0.15) is 5.75 Å². The highest BCUT2D eigenvalue weighted by atomic mass is 127. The molecular formula is C22H35IN4O3. The van der Waals surface area contributed by atoms with Gasteiger partial charge in [-0.2, -0.15) is 0 Å². The number of aliphatic imine (C=N–C) groups is 1. The number of ether oxygens (including phenoxy) is 2. The van der Waals surface area contributed by atoms with E-state index in [2.05, 4.69) is 15.6 Å². The smallest absolute Gasteiger partial charge is 0.225 e. The van der Waals surface area contributed by atoms with Crippen LogP contribution in [0.15, 0.2) is 29.3 Å². The molecule has 1 saturated heterocycles. The number of likely N-dealkylation sites (tertiary alicyclic amines) is 1. The molecule has 1 unspecified atom stereocenters. The standard InChI is InChI=1S/C22H34N4O3.HI/c1-23-22(24-11-13-29-16-17-6-5-9-20(14-17)28-2)25-19-10-12-26(15-19)21(27)18-7-3-4-8-18;/h5-6,9,14,18-19H,3-4,7-8,10-13,15-16H2,1-2H3,(H2,23,24,25);1H. The SMILES string of the molecule is CN=C(NCCOCc1cccc(OC)c1)NC1CCN(C(=O)C2CCCC2)C1.I. The van der Waals surface area contributed by atoms with Gasteiger partial charge >= 0.3 is 0 Å². The molecular weight excluding hydrogens is 495 g/mol. The number of nitrogens with zero attached hydrogens (tertiary/aromatic N) is 2. The van der Waals surface area contributed by atoms with Crippen molar-refractivity contribution >= 4 is 35.8 Å². The maximum absolute atomic E-state index is 12.6. The number of amides is 1. The molecule has 1 aromatic carbocycles. The lowest BCUT2D eigenvalue weighted by Gasteiger charge is -2.21. The van der Waals surface area contributed by atoms with Gasteiger partial charge in [0, 0.05) is 38.6 Å². The summed E-state index contributed by atoms with van der Waals surface area (Å²) >= 11 is 0. The van der Waals surface area contributed by atoms with Crippen LogP contribution in [-0.4, -0.2) is 63.2 Å². The summed E-state index contributed by atoms with van der Waals surface area (Å²) in [4.78, 5) is 18.9. The Morgan fingerprint density at radius 1 is 1.27 bits per heavy atom. The summed E-state index contributed by atoms with van der Waals surface area (Å²) in [6.45, 7) is 3.40. The number of rotatable bonds is 8. The van der Waals surface area contributed by atoms with Gasteiger partial charge < -0.3 is 25.0 Å². The molecule has 1 aliphatic heterocycles. The Balaban J connectivity index is 0.00000320. The molecule has 168 valence electrons. The Kier molecular flexibility index (Phi) is 10.7. The Bertz CT molecular complexity index is 695. The number of halogens is 1. The van der Waals surface area contributed by atoms with Crippen molar-refractivity contribution < 1.29 is 14.3 Å². The molecule has 0 aromatic heterocycles. The lowest BCUT2D eigenvalue weighted by atomic mass is 10.1. The Hall–Kier alpha value is -1.55. The third kappa shape index (κ3) is 7.30. The predicted octanol–water partition coefficient (Wildman–Crippen LogP) is 2.79. The van der Waals surface area contributed by atoms with Gasteiger partial charge in [-0.3, -0.25) is 9.79 Å². The zero-order valence-electron chi connectivity index (χ0n) is 18.1. The van der Waals surface area contributed by atoms with Gasteiger partial charge in [0.05, 0.1) is 20.3 Å². The Labute approximate surface area is 197 Å². The second-order valence-electron chi connectivity index (χ2n) is 7.80. The van der Waals surface area contributed by atoms with Crippen LogP contribution in [0.1, 0.15) is 37.7 Å². The molecule has 1 heterocycles. The van der Waals surface area contributed by atoms with E-state index in [0.29, 0.717) is 25.7 Å². The van der Waals surface area contributed by atoms with Crippen molar-refractivity contribution in [3.8, 4) is 5.75 Å². The molecule has 0 spiro atoms. The lowest BCUT2D eigenvalue weighted by molar-refractivity contribution is -0.134. The van der Waals surface area contributed by atoms with Crippen LogP contribution < -0.4 is 15.4 Å². The van der Waals surface area contributed by atoms with Crippen LogP contribution in [0.5, 0.6) is 5.75 Å². The van der Waals surface area contributed by atoms with Crippen LogP contribution in [0.4, 0.5) is 0 Å². The second-order valence-corrected chi connectivity index (χ2v) is 7.80. The molecule has 7 nitrogen and oxygen atoms in total. The first-order chi connectivity index (χ1) is 14.2. The minimum Gasteiger partial charge on any atom is -0.497 e. The zero-order chi connectivity index (χ0) is 20.5. The quantitative estimate of drug-likeness (QED) is 0.234. The van der Waals surface area contributed by atoms with E-state index in [0.717, 1.165) is 49.6 Å². The maximum Gasteiger partial charge on any atom is 0.225 e. The van der Waals surface area contributed by atoms with Crippen molar-refractivity contribution in [2.24, 2.45) is 10.9 Å². The van der Waals surface area contributed by atoms with Crippen LogP contribution >= 0.6 is 24.0 Å². The maximum atomic E-state index is 12.6. The molecule has 2 aliphatic rings. The number of carbonyl (C=O) groups is 1. The molecule has 0 bridgehead atoms. The van der Waals surface area contributed by atoms with E-state index < -0.39 is 0 Å². The summed E-state index contributed by atoms with van der Waals surface area (Å²) < 4.78 is 11.0. The fourth-order valence-electron chi connectivity index (χ4n) is 4.09. The molecule has 1 aliphatic carbocycles. The molecule has 1 atom stereocenters. The minimum absolute atomic E-state index is 0. The van der Waals surface area contributed by atoms with Crippen molar-refractivity contribution in [3.63, 3.8) is 0 Å². The minimum atomic E-state index is 0. The third-order valence-corrected chi connectivity index (χ3v) is 5.71. The van der Waals surface area contributed by atoms with Crippen molar-refractivity contribution in [3.05, 3.63) is 29.8 Å². The highest BCUT2D eigenvalue weighted by Gasteiger charge is 2.32. The summed E-state index contributed by atoms with van der Waals surface area (Å²) in [6.07, 6.45) is 5.48. The number of guanidine groups is 1. The fourth-order valence-corrected chi connectivity index (χ4v) is 4.09. The molecule has 1 saturated carbocycles. The molecule has 2 N–H and O–H groups in total. The first kappa shape index (κ1) is 24.7. The van der Waals surface area contributed by atoms with E-state index in [1.807, 2.05) is 29.2 Å². The lowest BCUT2D eigenvalue weighted by Crippen LogP contribution is -2.46. The molecule has 0 radical (unpaired) electrons. The van der Waals surface area contributed by atoms with E-state index in [1.54, 1.807) is 14.2 Å². The number of hydrogen-bond donors (Lipinski definition) is 2. The average molecular weight is 530 g/mol. The van der Waals surface area contributed by atoms with Crippen molar-refractivity contribution in [2.75, 3.05) is 40.4 Å². The number of benzene rings is 1. The summed E-state index contributed by atoms with van der Waals surface area (Å²) in [6, 6.07) is 8.14. The number of methoxy groups -OCH3 is 1. The van der Waals surface area contributed by atoms with Gasteiger partial charge in [0.25, 0.3) is 0 Å². The number of carbonyl (C=O) groups excluding carboxylic acids is 1. The van der Waals surface area contributed by atoms with Crippen LogP contribution in [0.2, 0.25) is 0 Å². The highest BCUT2D eigenvalue weighted by Crippen LogP contribution is 2.27. The first-order valence-corrected chi connectivity index (χ1v) is 10.7. The largest absolute Gasteiger partial charge is 0.497 e. The summed E-state index contributed by atoms with van der Waals surface area (Å²) in [5.74, 6) is 2.20. The van der Waals surface area contributed by atoms with Gasteiger partial charge in [0.2, 0.25) is 5.91 Å². The van der Waals surface area contributed by atoms with E-state index in [9.17, 15) is 4.79 Å². The van der Waals surface area contributed by atoms with Gasteiger partial charge in [-0.25, -0.2) is 0 Å². The molecule has 3 rings (SSSR count). The van der Waals surface area contributed by atoms with Gasteiger partial charge in [0.15, 0.2) is 5.96 Å². The topological polar surface area (TPSA) is 75.2 Å². The van der Waals surface area contributed by atoms with Crippen LogP contribution in [0.3, 0.4) is 0 Å². The molecule has 2 fully saturated rings. The van der Waals surface area contributed by atoms with Gasteiger partial charge in [-0.15, -0.1) is 24.0 Å². The van der Waals surface area contributed by atoms with E-state index in [4.69, 9.17) is 9.47 Å². The highest BCUT2D eigenvalue weighted by molar-refractivity contribution is 14.0. The Morgan fingerprint density at radius 2 is 2.07 bits per heavy atom. The summed E-state index contributed by atoms with van der Waals surface area (Å²) in [5.41, 5.74) is 1.09. The summed E-state index contributed by atoms with van der Waals surface area (Å²) in [5, 5.41) is 6.73. The van der Waals surface area contributed by atoms with Gasteiger partial charge in [-0.05, 0) is 37.0 Å². The number of hydrogen-bond acceptors (Lipinski definition) is 4. The monoisotopic (exact) mass is 530 g/mol. The fraction of sp³-hybridized carbons (Fsp3) is 0.636. The molecule has 30 heavy (non-hydrogen) atoms. The van der Waals surface area contributed by atoms with Crippen LogP contribution in [0, 0.1) is 5.92 Å². The van der Waals surface area contributed by atoms with Crippen molar-refractivity contribution in [1.29, 1.82) is 0 Å². The molecule has 8 heteroatoms. The first-order valence-electron chi connectivity index (χ1n) is 10.7. The third-order valence-electron chi connectivity index (χ3n) is 5.71. The number of nitrogens with one attached hydrogen (secondary N) is 2. The second kappa shape index (κ2) is 13.0.